The van der Waals surface area contributed by atoms with Crippen LogP contribution in [0.2, 0.25) is 0 Å². The lowest BCUT2D eigenvalue weighted by Crippen LogP contribution is -2.46. The zero-order chi connectivity index (χ0) is 9.10. The van der Waals surface area contributed by atoms with Gasteiger partial charge >= 0.3 is 0 Å². The molecular weight excluding hydrogens is 160 g/mol. The fourth-order valence-corrected chi connectivity index (χ4v) is 1.86. The van der Waals surface area contributed by atoms with Gasteiger partial charge in [0.1, 0.15) is 0 Å². The summed E-state index contributed by atoms with van der Waals surface area (Å²) >= 11 is 0. The van der Waals surface area contributed by atoms with Gasteiger partial charge in [-0.2, -0.15) is 0 Å². The van der Waals surface area contributed by atoms with Crippen molar-refractivity contribution in [3.63, 3.8) is 0 Å². The minimum absolute atomic E-state index is 0.807. The summed E-state index contributed by atoms with van der Waals surface area (Å²) in [6.45, 7) is 4.53. The van der Waals surface area contributed by atoms with Crippen molar-refractivity contribution in [1.82, 2.24) is 9.88 Å². The molecule has 1 saturated heterocycles. The molecule has 1 aliphatic rings. The van der Waals surface area contributed by atoms with Gasteiger partial charge in [-0.25, -0.2) is 0 Å². The molecule has 0 aliphatic carbocycles. The Bertz CT molecular complexity index is 256. The molecule has 0 amide bonds. The van der Waals surface area contributed by atoms with Crippen LogP contribution in [-0.2, 0) is 6.54 Å². The Labute approximate surface area is 79.6 Å². The third-order valence-electron chi connectivity index (χ3n) is 2.83. The molecule has 1 fully saturated rings. The van der Waals surface area contributed by atoms with E-state index in [9.17, 15) is 0 Å². The van der Waals surface area contributed by atoms with Gasteiger partial charge in [0.2, 0.25) is 0 Å². The number of hydrogen-bond donors (Lipinski definition) is 0. The zero-order valence-corrected chi connectivity index (χ0v) is 8.11. The number of nitrogens with zero attached hydrogens (tertiary/aromatic N) is 2. The van der Waals surface area contributed by atoms with Crippen LogP contribution >= 0.6 is 0 Å². The second-order valence-corrected chi connectivity index (χ2v) is 3.64. The summed E-state index contributed by atoms with van der Waals surface area (Å²) in [6, 6.07) is 6.94. The van der Waals surface area contributed by atoms with Crippen molar-refractivity contribution in [1.29, 1.82) is 0 Å². The van der Waals surface area contributed by atoms with Crippen LogP contribution in [0.15, 0.2) is 24.4 Å². The minimum atomic E-state index is 0.807. The van der Waals surface area contributed by atoms with Crippen molar-refractivity contribution < 1.29 is 0 Å². The summed E-state index contributed by atoms with van der Waals surface area (Å²) in [5.41, 5.74) is 1.20. The van der Waals surface area contributed by atoms with Crippen LogP contribution in [0.5, 0.6) is 0 Å². The van der Waals surface area contributed by atoms with Crippen LogP contribution in [0.4, 0.5) is 0 Å². The average molecular weight is 176 g/mol. The van der Waals surface area contributed by atoms with Crippen molar-refractivity contribution in [2.45, 2.75) is 32.4 Å². The van der Waals surface area contributed by atoms with Crippen LogP contribution in [0.1, 0.15) is 25.5 Å². The second kappa shape index (κ2) is 3.88. The highest BCUT2D eigenvalue weighted by Crippen LogP contribution is 2.21. The molecule has 0 saturated carbocycles. The van der Waals surface area contributed by atoms with Gasteiger partial charge in [-0.05, 0) is 25.0 Å². The molecule has 0 radical (unpaired) electrons. The minimum Gasteiger partial charge on any atom is -0.294 e. The van der Waals surface area contributed by atoms with Crippen molar-refractivity contribution in [3.8, 4) is 0 Å². The van der Waals surface area contributed by atoms with Gasteiger partial charge in [-0.3, -0.25) is 9.88 Å². The van der Waals surface area contributed by atoms with Crippen molar-refractivity contribution >= 4 is 0 Å². The summed E-state index contributed by atoms with van der Waals surface area (Å²) in [6.07, 6.45) is 4.51. The topological polar surface area (TPSA) is 16.1 Å². The zero-order valence-electron chi connectivity index (χ0n) is 8.11. The van der Waals surface area contributed by atoms with Gasteiger partial charge in [-0.15, -0.1) is 0 Å². The first-order chi connectivity index (χ1) is 6.40. The fraction of sp³-hybridized carbons (Fsp3) is 0.545. The predicted molar refractivity (Wildman–Crippen MR) is 53.3 cm³/mol. The van der Waals surface area contributed by atoms with E-state index in [1.165, 1.54) is 25.1 Å². The van der Waals surface area contributed by atoms with Gasteiger partial charge in [0.15, 0.2) is 0 Å². The molecule has 0 aromatic carbocycles. The lowest BCUT2D eigenvalue weighted by Gasteiger charge is -2.40. The van der Waals surface area contributed by atoms with E-state index in [0.717, 1.165) is 12.6 Å². The molecule has 70 valence electrons. The Morgan fingerprint density at radius 2 is 2.46 bits per heavy atom. The van der Waals surface area contributed by atoms with Crippen molar-refractivity contribution in [3.05, 3.63) is 30.1 Å². The van der Waals surface area contributed by atoms with Crippen molar-refractivity contribution in [2.24, 2.45) is 0 Å². The van der Waals surface area contributed by atoms with E-state index < -0.39 is 0 Å². The lowest BCUT2D eigenvalue weighted by atomic mass is 10.0. The van der Waals surface area contributed by atoms with Gasteiger partial charge < -0.3 is 0 Å². The van der Waals surface area contributed by atoms with E-state index in [-0.39, 0.29) is 0 Å². The monoisotopic (exact) mass is 176 g/mol. The van der Waals surface area contributed by atoms with E-state index in [2.05, 4.69) is 28.9 Å². The maximum Gasteiger partial charge on any atom is 0.0544 e. The molecular formula is C11H16N2. The molecule has 1 atom stereocenters. The van der Waals surface area contributed by atoms with Gasteiger partial charge in [0, 0.05) is 25.3 Å². The highest BCUT2D eigenvalue weighted by atomic mass is 15.2. The summed E-state index contributed by atoms with van der Waals surface area (Å²) in [4.78, 5) is 6.83. The SMILES string of the molecule is CCC1CCN1Cc1ccccn1. The van der Waals surface area contributed by atoms with Crippen molar-refractivity contribution in [2.75, 3.05) is 6.54 Å². The summed E-state index contributed by atoms with van der Waals surface area (Å²) in [5.74, 6) is 0. The van der Waals surface area contributed by atoms with Gasteiger partial charge in [0.05, 0.1) is 5.69 Å². The van der Waals surface area contributed by atoms with Crippen LogP contribution in [-0.4, -0.2) is 22.5 Å². The molecule has 2 rings (SSSR count). The number of pyridine rings is 1. The molecule has 1 aromatic rings. The Kier molecular flexibility index (Phi) is 2.60. The molecule has 0 bridgehead atoms. The summed E-state index contributed by atoms with van der Waals surface area (Å²) in [5, 5.41) is 0. The van der Waals surface area contributed by atoms with E-state index >= 15 is 0 Å². The van der Waals surface area contributed by atoms with Gasteiger partial charge in [0.25, 0.3) is 0 Å². The fourth-order valence-electron chi connectivity index (χ4n) is 1.86. The molecule has 0 N–H and O–H groups in total. The number of hydrogen-bond acceptors (Lipinski definition) is 2. The highest BCUT2D eigenvalue weighted by molar-refractivity contribution is 5.04. The molecule has 2 heterocycles. The van der Waals surface area contributed by atoms with Gasteiger partial charge in [-0.1, -0.05) is 13.0 Å². The predicted octanol–water partition coefficient (Wildman–Crippen LogP) is 2.07. The first-order valence-corrected chi connectivity index (χ1v) is 5.04. The molecule has 1 aliphatic heterocycles. The smallest absolute Gasteiger partial charge is 0.0544 e. The lowest BCUT2D eigenvalue weighted by molar-refractivity contribution is 0.0777. The summed E-state index contributed by atoms with van der Waals surface area (Å²) in [7, 11) is 0. The van der Waals surface area contributed by atoms with Crippen LogP contribution < -0.4 is 0 Å². The molecule has 1 aromatic heterocycles. The first-order valence-electron chi connectivity index (χ1n) is 5.04. The first kappa shape index (κ1) is 8.70. The number of rotatable bonds is 3. The Hall–Kier alpha value is -0.890. The average Bonchev–Trinajstić information content (AvgIpc) is 2.15. The second-order valence-electron chi connectivity index (χ2n) is 3.64. The molecule has 1 unspecified atom stereocenters. The van der Waals surface area contributed by atoms with E-state index in [1.807, 2.05) is 12.3 Å². The molecule has 2 heteroatoms. The van der Waals surface area contributed by atoms with E-state index in [4.69, 9.17) is 0 Å². The Morgan fingerprint density at radius 3 is 3.00 bits per heavy atom. The van der Waals surface area contributed by atoms with Crippen LogP contribution in [0.3, 0.4) is 0 Å². The Balaban J connectivity index is 1.92. The highest BCUT2D eigenvalue weighted by Gasteiger charge is 2.25. The van der Waals surface area contributed by atoms with Crippen LogP contribution in [0, 0.1) is 0 Å². The third kappa shape index (κ3) is 1.89. The molecule has 13 heavy (non-hydrogen) atoms. The molecule has 0 spiro atoms. The number of aromatic nitrogens is 1. The van der Waals surface area contributed by atoms with E-state index in [1.54, 1.807) is 0 Å². The molecule has 2 nitrogen and oxygen atoms in total. The third-order valence-corrected chi connectivity index (χ3v) is 2.83. The maximum absolute atomic E-state index is 4.33. The standard InChI is InChI=1S/C11H16N2/c1-2-11-6-8-13(11)9-10-5-3-4-7-12-10/h3-5,7,11H,2,6,8-9H2,1H3. The Morgan fingerprint density at radius 1 is 1.54 bits per heavy atom. The summed E-state index contributed by atoms with van der Waals surface area (Å²) < 4.78 is 0. The quantitative estimate of drug-likeness (QED) is 0.701. The normalized spacial score (nSPS) is 22.7. The van der Waals surface area contributed by atoms with Crippen LogP contribution in [0.25, 0.3) is 0 Å². The largest absolute Gasteiger partial charge is 0.294 e. The number of likely N-dealkylation sites (tertiary alicyclic amines) is 1. The maximum atomic E-state index is 4.33. The van der Waals surface area contributed by atoms with E-state index in [0.29, 0.717) is 0 Å².